The average Bonchev–Trinajstić information content (AvgIpc) is 2.85. The lowest BCUT2D eigenvalue weighted by Gasteiger charge is -2.07. The monoisotopic (exact) mass is 292 g/mol. The standard InChI is InChI=1S/C17H25ClN2/c1-3-5-7-9-14-15(18)10-11-16-17(14)19-13-20(16)12-8-6-4-2/h10-11,13H,3-9,12H2,1-2H3. The third-order valence-electron chi connectivity index (χ3n) is 3.87. The topological polar surface area (TPSA) is 17.8 Å². The summed E-state index contributed by atoms with van der Waals surface area (Å²) in [6.45, 7) is 5.52. The molecule has 1 aromatic heterocycles. The van der Waals surface area contributed by atoms with Crippen LogP contribution in [0.2, 0.25) is 5.02 Å². The molecule has 0 bridgehead atoms. The highest BCUT2D eigenvalue weighted by Gasteiger charge is 2.10. The maximum atomic E-state index is 6.37. The molecule has 1 aromatic carbocycles. The van der Waals surface area contributed by atoms with Crippen molar-refractivity contribution >= 4 is 22.6 Å². The zero-order valence-electron chi connectivity index (χ0n) is 12.7. The molecule has 0 radical (unpaired) electrons. The van der Waals surface area contributed by atoms with Gasteiger partial charge in [0.1, 0.15) is 0 Å². The number of hydrogen-bond donors (Lipinski definition) is 0. The Morgan fingerprint density at radius 1 is 1.05 bits per heavy atom. The summed E-state index contributed by atoms with van der Waals surface area (Å²) in [6, 6.07) is 4.14. The van der Waals surface area contributed by atoms with Gasteiger partial charge in [0.15, 0.2) is 0 Å². The lowest BCUT2D eigenvalue weighted by Crippen LogP contribution is -1.96. The number of imidazole rings is 1. The molecule has 110 valence electrons. The fourth-order valence-electron chi connectivity index (χ4n) is 2.66. The number of aromatic nitrogens is 2. The summed E-state index contributed by atoms with van der Waals surface area (Å²) < 4.78 is 2.27. The van der Waals surface area contributed by atoms with E-state index in [1.165, 1.54) is 49.6 Å². The van der Waals surface area contributed by atoms with Crippen molar-refractivity contribution in [1.82, 2.24) is 9.55 Å². The van der Waals surface area contributed by atoms with Crippen LogP contribution in [0.3, 0.4) is 0 Å². The van der Waals surface area contributed by atoms with Crippen molar-refractivity contribution in [2.24, 2.45) is 0 Å². The molecule has 2 rings (SSSR count). The highest BCUT2D eigenvalue weighted by Crippen LogP contribution is 2.27. The number of fused-ring (bicyclic) bond motifs is 1. The molecule has 0 spiro atoms. The molecule has 2 aromatic rings. The molecule has 3 heteroatoms. The quantitative estimate of drug-likeness (QED) is 0.578. The molecular weight excluding hydrogens is 268 g/mol. The Hall–Kier alpha value is -1.02. The summed E-state index contributed by atoms with van der Waals surface area (Å²) in [4.78, 5) is 4.62. The molecule has 0 aliphatic heterocycles. The van der Waals surface area contributed by atoms with Gasteiger partial charge in [0.2, 0.25) is 0 Å². The maximum absolute atomic E-state index is 6.37. The normalized spacial score (nSPS) is 11.3. The fraction of sp³-hybridized carbons (Fsp3) is 0.588. The molecule has 0 fully saturated rings. The summed E-state index contributed by atoms with van der Waals surface area (Å²) >= 11 is 6.37. The van der Waals surface area contributed by atoms with Crippen LogP contribution in [0.15, 0.2) is 18.5 Å². The van der Waals surface area contributed by atoms with Crippen molar-refractivity contribution < 1.29 is 0 Å². The van der Waals surface area contributed by atoms with E-state index in [0.29, 0.717) is 0 Å². The van der Waals surface area contributed by atoms with E-state index in [1.807, 2.05) is 12.4 Å². The summed E-state index contributed by atoms with van der Waals surface area (Å²) in [5.41, 5.74) is 3.56. The van der Waals surface area contributed by atoms with Crippen LogP contribution >= 0.6 is 11.6 Å². The minimum atomic E-state index is 0.868. The van der Waals surface area contributed by atoms with E-state index >= 15 is 0 Å². The molecule has 0 amide bonds. The van der Waals surface area contributed by atoms with Crippen LogP contribution < -0.4 is 0 Å². The van der Waals surface area contributed by atoms with Gasteiger partial charge in [-0.15, -0.1) is 0 Å². The number of benzene rings is 1. The molecule has 0 atom stereocenters. The molecule has 0 saturated heterocycles. The molecule has 2 nitrogen and oxygen atoms in total. The van der Waals surface area contributed by atoms with E-state index < -0.39 is 0 Å². The van der Waals surface area contributed by atoms with Crippen LogP contribution in [-0.2, 0) is 13.0 Å². The van der Waals surface area contributed by atoms with Crippen LogP contribution in [0, 0.1) is 0 Å². The summed E-state index contributed by atoms with van der Waals surface area (Å²) in [5.74, 6) is 0. The predicted molar refractivity (Wildman–Crippen MR) is 87.5 cm³/mol. The van der Waals surface area contributed by atoms with E-state index in [4.69, 9.17) is 11.6 Å². The van der Waals surface area contributed by atoms with Gasteiger partial charge in [-0.1, -0.05) is 51.1 Å². The van der Waals surface area contributed by atoms with Gasteiger partial charge in [0, 0.05) is 11.6 Å². The lowest BCUT2D eigenvalue weighted by atomic mass is 10.1. The fourth-order valence-corrected chi connectivity index (χ4v) is 2.91. The SMILES string of the molecule is CCCCCc1c(Cl)ccc2c1ncn2CCCCC. The lowest BCUT2D eigenvalue weighted by molar-refractivity contribution is 0.613. The van der Waals surface area contributed by atoms with Gasteiger partial charge in [0.05, 0.1) is 17.4 Å². The minimum Gasteiger partial charge on any atom is -0.331 e. The van der Waals surface area contributed by atoms with Crippen LogP contribution in [0.25, 0.3) is 11.0 Å². The van der Waals surface area contributed by atoms with Crippen LogP contribution in [-0.4, -0.2) is 9.55 Å². The average molecular weight is 293 g/mol. The molecule has 0 aliphatic rings. The van der Waals surface area contributed by atoms with Gasteiger partial charge in [0.25, 0.3) is 0 Å². The van der Waals surface area contributed by atoms with E-state index in [1.54, 1.807) is 0 Å². The van der Waals surface area contributed by atoms with Gasteiger partial charge in [-0.25, -0.2) is 4.98 Å². The molecule has 1 heterocycles. The zero-order valence-corrected chi connectivity index (χ0v) is 13.4. The first kappa shape index (κ1) is 15.4. The van der Waals surface area contributed by atoms with E-state index in [0.717, 1.165) is 23.5 Å². The Bertz CT molecular complexity index is 545. The molecule has 20 heavy (non-hydrogen) atoms. The molecule has 0 unspecified atom stereocenters. The smallest absolute Gasteiger partial charge is 0.0958 e. The molecule has 0 aliphatic carbocycles. The second kappa shape index (κ2) is 7.68. The van der Waals surface area contributed by atoms with Crippen molar-refractivity contribution in [1.29, 1.82) is 0 Å². The Morgan fingerprint density at radius 3 is 2.55 bits per heavy atom. The first-order valence-corrected chi connectivity index (χ1v) is 8.28. The Labute approximate surface area is 127 Å². The van der Waals surface area contributed by atoms with Crippen molar-refractivity contribution in [2.75, 3.05) is 0 Å². The Morgan fingerprint density at radius 2 is 1.80 bits per heavy atom. The number of aryl methyl sites for hydroxylation is 2. The second-order valence-electron chi connectivity index (χ2n) is 5.50. The molecular formula is C17H25ClN2. The summed E-state index contributed by atoms with van der Waals surface area (Å²) in [6.07, 6.45) is 10.4. The third kappa shape index (κ3) is 3.54. The number of hydrogen-bond acceptors (Lipinski definition) is 1. The largest absolute Gasteiger partial charge is 0.331 e. The first-order chi connectivity index (χ1) is 9.77. The van der Waals surface area contributed by atoms with Gasteiger partial charge in [-0.2, -0.15) is 0 Å². The van der Waals surface area contributed by atoms with Gasteiger partial charge in [-0.05, 0) is 37.0 Å². The molecule has 0 N–H and O–H groups in total. The van der Waals surface area contributed by atoms with Crippen molar-refractivity contribution in [2.45, 2.75) is 65.3 Å². The number of nitrogens with zero attached hydrogens (tertiary/aromatic N) is 2. The van der Waals surface area contributed by atoms with E-state index in [-0.39, 0.29) is 0 Å². The third-order valence-corrected chi connectivity index (χ3v) is 4.23. The molecule has 0 saturated carbocycles. The maximum Gasteiger partial charge on any atom is 0.0958 e. The van der Waals surface area contributed by atoms with E-state index in [2.05, 4.69) is 29.5 Å². The van der Waals surface area contributed by atoms with Crippen LogP contribution in [0.5, 0.6) is 0 Å². The van der Waals surface area contributed by atoms with Crippen molar-refractivity contribution in [3.63, 3.8) is 0 Å². The van der Waals surface area contributed by atoms with Gasteiger partial charge < -0.3 is 4.57 Å². The van der Waals surface area contributed by atoms with Crippen molar-refractivity contribution in [3.05, 3.63) is 29.0 Å². The Balaban J connectivity index is 2.21. The summed E-state index contributed by atoms with van der Waals surface area (Å²) in [7, 11) is 0. The second-order valence-corrected chi connectivity index (χ2v) is 5.90. The zero-order chi connectivity index (χ0) is 14.4. The highest BCUT2D eigenvalue weighted by molar-refractivity contribution is 6.32. The minimum absolute atomic E-state index is 0.868. The van der Waals surface area contributed by atoms with Crippen LogP contribution in [0.1, 0.15) is 57.9 Å². The first-order valence-electron chi connectivity index (χ1n) is 7.90. The predicted octanol–water partition coefficient (Wildman–Crippen LogP) is 5.61. The number of halogens is 1. The Kier molecular flexibility index (Phi) is 5.90. The number of unbranched alkanes of at least 4 members (excludes halogenated alkanes) is 4. The highest BCUT2D eigenvalue weighted by atomic mass is 35.5. The van der Waals surface area contributed by atoms with E-state index in [9.17, 15) is 0 Å². The van der Waals surface area contributed by atoms with Crippen molar-refractivity contribution in [3.8, 4) is 0 Å². The number of rotatable bonds is 8. The summed E-state index contributed by atoms with van der Waals surface area (Å²) in [5, 5.41) is 0.868. The van der Waals surface area contributed by atoms with Crippen LogP contribution in [0.4, 0.5) is 0 Å². The van der Waals surface area contributed by atoms with Gasteiger partial charge >= 0.3 is 0 Å². The van der Waals surface area contributed by atoms with Gasteiger partial charge in [-0.3, -0.25) is 0 Å².